The number of hydrogen-bond acceptors (Lipinski definition) is 3. The molecule has 0 spiro atoms. The first-order valence-electron chi connectivity index (χ1n) is 6.62. The molecule has 1 aromatic rings. The van der Waals surface area contributed by atoms with Gasteiger partial charge in [-0.3, -0.25) is 0 Å². The number of hydrogen-bond donors (Lipinski definition) is 1. The molecule has 4 heteroatoms. The number of aromatic nitrogens is 3. The molecule has 3 rings (SSSR count). The van der Waals surface area contributed by atoms with Gasteiger partial charge in [-0.15, -0.1) is 0 Å². The number of nitrogens with one attached hydrogen (secondary N) is 1. The Morgan fingerprint density at radius 2 is 2.35 bits per heavy atom. The number of rotatable bonds is 2. The van der Waals surface area contributed by atoms with E-state index < -0.39 is 0 Å². The molecule has 17 heavy (non-hydrogen) atoms. The molecule has 2 atom stereocenters. The van der Waals surface area contributed by atoms with E-state index in [-0.39, 0.29) is 0 Å². The lowest BCUT2D eigenvalue weighted by molar-refractivity contribution is 0.322. The lowest BCUT2D eigenvalue weighted by atomic mass is 9.94. The summed E-state index contributed by atoms with van der Waals surface area (Å²) in [5.74, 6) is 1.13. The molecule has 1 aromatic heterocycles. The Morgan fingerprint density at radius 1 is 1.41 bits per heavy atom. The van der Waals surface area contributed by atoms with E-state index in [9.17, 15) is 0 Å². The molecule has 0 saturated heterocycles. The lowest BCUT2D eigenvalue weighted by Gasteiger charge is -2.29. The minimum Gasteiger partial charge on any atom is -0.304 e. The summed E-state index contributed by atoms with van der Waals surface area (Å²) in [6.45, 7) is 3.25. The average molecular weight is 232 g/mol. The van der Waals surface area contributed by atoms with Crippen LogP contribution < -0.4 is 5.32 Å². The van der Waals surface area contributed by atoms with E-state index in [2.05, 4.69) is 28.4 Å². The van der Waals surface area contributed by atoms with Gasteiger partial charge in [-0.2, -0.15) is 5.10 Å². The second kappa shape index (κ2) is 4.61. The molecule has 4 nitrogen and oxygen atoms in total. The van der Waals surface area contributed by atoms with Crippen LogP contribution in [-0.4, -0.2) is 20.8 Å². The van der Waals surface area contributed by atoms with Crippen molar-refractivity contribution in [2.45, 2.75) is 57.7 Å². The van der Waals surface area contributed by atoms with E-state index in [1.807, 2.05) is 4.68 Å². The Bertz CT molecular complexity index is 421. The van der Waals surface area contributed by atoms with E-state index in [0.29, 0.717) is 12.1 Å². The molecule has 92 valence electrons. The third-order valence-corrected chi connectivity index (χ3v) is 3.89. The van der Waals surface area contributed by atoms with Gasteiger partial charge in [-0.05, 0) is 39.0 Å². The van der Waals surface area contributed by atoms with Crippen LogP contribution in [0.25, 0.3) is 0 Å². The molecular formula is C13H20N4. The molecule has 0 aromatic carbocycles. The second-order valence-corrected chi connectivity index (χ2v) is 5.22. The molecule has 2 heterocycles. The van der Waals surface area contributed by atoms with Gasteiger partial charge in [0.05, 0.1) is 6.04 Å². The van der Waals surface area contributed by atoms with Crippen LogP contribution in [0.2, 0.25) is 0 Å². The van der Waals surface area contributed by atoms with Crippen molar-refractivity contribution in [3.8, 4) is 0 Å². The van der Waals surface area contributed by atoms with Crippen molar-refractivity contribution in [3.05, 3.63) is 23.8 Å². The van der Waals surface area contributed by atoms with Gasteiger partial charge >= 0.3 is 0 Å². The van der Waals surface area contributed by atoms with Crippen LogP contribution in [0.1, 0.15) is 50.9 Å². The van der Waals surface area contributed by atoms with Crippen LogP contribution in [-0.2, 0) is 6.54 Å². The zero-order valence-corrected chi connectivity index (χ0v) is 10.4. The fraction of sp³-hybridized carbons (Fsp3) is 0.692. The molecule has 1 aliphatic carbocycles. The van der Waals surface area contributed by atoms with Crippen molar-refractivity contribution >= 4 is 0 Å². The third kappa shape index (κ3) is 2.27. The van der Waals surface area contributed by atoms with Crippen LogP contribution in [0.5, 0.6) is 0 Å². The summed E-state index contributed by atoms with van der Waals surface area (Å²) in [6.07, 6.45) is 10.1. The van der Waals surface area contributed by atoms with Gasteiger partial charge in [0.25, 0.3) is 0 Å². The van der Waals surface area contributed by atoms with E-state index in [0.717, 1.165) is 18.8 Å². The minimum absolute atomic E-state index is 0.406. The minimum atomic E-state index is 0.406. The quantitative estimate of drug-likeness (QED) is 0.795. The topological polar surface area (TPSA) is 42.7 Å². The highest BCUT2D eigenvalue weighted by atomic mass is 15.3. The normalized spacial score (nSPS) is 28.6. The Hall–Kier alpha value is -1.16. The van der Waals surface area contributed by atoms with E-state index in [1.165, 1.54) is 31.3 Å². The maximum atomic E-state index is 4.39. The zero-order chi connectivity index (χ0) is 11.7. The highest BCUT2D eigenvalue weighted by molar-refractivity contribution is 5.06. The fourth-order valence-corrected chi connectivity index (χ4v) is 2.85. The van der Waals surface area contributed by atoms with Crippen molar-refractivity contribution in [3.63, 3.8) is 0 Å². The van der Waals surface area contributed by atoms with Gasteiger partial charge in [0.2, 0.25) is 0 Å². The molecule has 0 saturated carbocycles. The first-order chi connectivity index (χ1) is 8.33. The SMILES string of the molecule is CC1=CC[C@H](N[C@H]2CCCn3ncnc32)CC1. The highest BCUT2D eigenvalue weighted by Crippen LogP contribution is 2.25. The van der Waals surface area contributed by atoms with Gasteiger partial charge < -0.3 is 5.32 Å². The van der Waals surface area contributed by atoms with Crippen molar-refractivity contribution in [2.75, 3.05) is 0 Å². The van der Waals surface area contributed by atoms with E-state index >= 15 is 0 Å². The molecule has 0 bridgehead atoms. The fourth-order valence-electron chi connectivity index (χ4n) is 2.85. The Balaban J connectivity index is 1.67. The number of allylic oxidation sites excluding steroid dienone is 1. The summed E-state index contributed by atoms with van der Waals surface area (Å²) < 4.78 is 2.05. The second-order valence-electron chi connectivity index (χ2n) is 5.22. The smallest absolute Gasteiger partial charge is 0.143 e. The standard InChI is InChI=1S/C13H20N4/c1-10-4-6-11(7-5-10)16-12-3-2-8-17-13(12)14-9-15-17/h4,9,11-12,16H,2-3,5-8H2,1H3/t11-,12-/m0/s1. The van der Waals surface area contributed by atoms with Crippen molar-refractivity contribution in [1.29, 1.82) is 0 Å². The van der Waals surface area contributed by atoms with Crippen LogP contribution >= 0.6 is 0 Å². The Morgan fingerprint density at radius 3 is 3.18 bits per heavy atom. The van der Waals surface area contributed by atoms with Gasteiger partial charge in [-0.25, -0.2) is 9.67 Å². The van der Waals surface area contributed by atoms with Gasteiger partial charge in [0, 0.05) is 12.6 Å². The molecule has 0 radical (unpaired) electrons. The monoisotopic (exact) mass is 232 g/mol. The molecule has 1 aliphatic heterocycles. The number of nitrogens with zero attached hydrogens (tertiary/aromatic N) is 3. The maximum Gasteiger partial charge on any atom is 0.143 e. The van der Waals surface area contributed by atoms with Gasteiger partial charge in [0.1, 0.15) is 12.2 Å². The predicted octanol–water partition coefficient (Wildman–Crippen LogP) is 2.20. The molecule has 1 N–H and O–H groups in total. The first kappa shape index (κ1) is 11.0. The van der Waals surface area contributed by atoms with Crippen LogP contribution in [0.3, 0.4) is 0 Å². The maximum absolute atomic E-state index is 4.39. The molecular weight excluding hydrogens is 212 g/mol. The summed E-state index contributed by atoms with van der Waals surface area (Å²) in [5, 5.41) is 8.02. The summed E-state index contributed by atoms with van der Waals surface area (Å²) in [5.41, 5.74) is 1.54. The van der Waals surface area contributed by atoms with Gasteiger partial charge in [-0.1, -0.05) is 11.6 Å². The summed E-state index contributed by atoms with van der Waals surface area (Å²) >= 11 is 0. The van der Waals surface area contributed by atoms with Crippen molar-refractivity contribution in [1.82, 2.24) is 20.1 Å². The van der Waals surface area contributed by atoms with Crippen LogP contribution in [0.15, 0.2) is 18.0 Å². The average Bonchev–Trinajstić information content (AvgIpc) is 2.81. The van der Waals surface area contributed by atoms with Crippen LogP contribution in [0.4, 0.5) is 0 Å². The van der Waals surface area contributed by atoms with Crippen molar-refractivity contribution < 1.29 is 0 Å². The zero-order valence-electron chi connectivity index (χ0n) is 10.4. The molecule has 0 amide bonds. The Kier molecular flexibility index (Phi) is 2.97. The molecule has 2 aliphatic rings. The summed E-state index contributed by atoms with van der Waals surface area (Å²) in [6, 6.07) is 1.02. The number of fused-ring (bicyclic) bond motifs is 1. The first-order valence-corrected chi connectivity index (χ1v) is 6.62. The summed E-state index contributed by atoms with van der Waals surface area (Å²) in [4.78, 5) is 4.39. The predicted molar refractivity (Wildman–Crippen MR) is 66.5 cm³/mol. The third-order valence-electron chi connectivity index (χ3n) is 3.89. The molecule has 0 unspecified atom stereocenters. The largest absolute Gasteiger partial charge is 0.304 e. The summed E-state index contributed by atoms with van der Waals surface area (Å²) in [7, 11) is 0. The van der Waals surface area contributed by atoms with Crippen LogP contribution in [0, 0.1) is 0 Å². The Labute approximate surface area is 102 Å². The van der Waals surface area contributed by atoms with E-state index in [1.54, 1.807) is 6.33 Å². The highest BCUT2D eigenvalue weighted by Gasteiger charge is 2.25. The number of aryl methyl sites for hydroxylation is 1. The van der Waals surface area contributed by atoms with E-state index in [4.69, 9.17) is 0 Å². The van der Waals surface area contributed by atoms with Gasteiger partial charge in [0.15, 0.2) is 0 Å². The molecule has 0 fully saturated rings. The van der Waals surface area contributed by atoms with Crippen molar-refractivity contribution in [2.24, 2.45) is 0 Å². The lowest BCUT2D eigenvalue weighted by Crippen LogP contribution is -2.37.